The number of ether oxygens (including phenoxy) is 2. The molecule has 2 aromatic carbocycles. The average Bonchev–Trinajstić information content (AvgIpc) is 3.03. The van der Waals surface area contributed by atoms with Crippen molar-refractivity contribution in [2.45, 2.75) is 12.8 Å². The second-order valence-corrected chi connectivity index (χ2v) is 5.41. The Morgan fingerprint density at radius 2 is 2.04 bits per heavy atom. The van der Waals surface area contributed by atoms with Crippen molar-refractivity contribution in [3.05, 3.63) is 53.6 Å². The molecule has 0 fully saturated rings. The number of hydrogen-bond acceptors (Lipinski definition) is 3. The number of aliphatic imine (C=N–C) groups is 1. The molecular weight excluding hydrogens is 417 g/mol. The lowest BCUT2D eigenvalue weighted by molar-refractivity contribution is 0.357. The molecule has 1 heterocycles. The third-order valence-electron chi connectivity index (χ3n) is 3.80. The van der Waals surface area contributed by atoms with E-state index >= 15 is 0 Å². The third-order valence-corrected chi connectivity index (χ3v) is 3.80. The molecule has 0 aliphatic carbocycles. The Labute approximate surface area is 159 Å². The molecule has 2 aromatic rings. The van der Waals surface area contributed by atoms with E-state index in [0.29, 0.717) is 12.5 Å². The first kappa shape index (κ1) is 18.4. The fourth-order valence-corrected chi connectivity index (χ4v) is 2.56. The minimum Gasteiger partial charge on any atom is -0.497 e. The summed E-state index contributed by atoms with van der Waals surface area (Å²) in [5.41, 5.74) is 9.36. The first-order chi connectivity index (χ1) is 11.2. The van der Waals surface area contributed by atoms with Crippen LogP contribution in [0.25, 0.3) is 0 Å². The van der Waals surface area contributed by atoms with E-state index in [1.54, 1.807) is 7.11 Å². The van der Waals surface area contributed by atoms with E-state index in [0.717, 1.165) is 36.6 Å². The number of anilines is 1. The number of nitrogens with one attached hydrogen (secondary N) is 1. The summed E-state index contributed by atoms with van der Waals surface area (Å²) in [6.45, 7) is 1.43. The van der Waals surface area contributed by atoms with Crippen LogP contribution in [-0.4, -0.2) is 26.2 Å². The lowest BCUT2D eigenvalue weighted by atomic mass is 10.1. The summed E-state index contributed by atoms with van der Waals surface area (Å²) in [6, 6.07) is 13.9. The van der Waals surface area contributed by atoms with Crippen LogP contribution in [0.15, 0.2) is 47.5 Å². The number of halogens is 1. The molecule has 0 saturated heterocycles. The van der Waals surface area contributed by atoms with Crippen LogP contribution >= 0.6 is 24.0 Å². The Bertz CT molecular complexity index is 702. The molecule has 0 bridgehead atoms. The highest BCUT2D eigenvalue weighted by Crippen LogP contribution is 2.25. The zero-order valence-corrected chi connectivity index (χ0v) is 15.9. The highest BCUT2D eigenvalue weighted by molar-refractivity contribution is 14.0. The second kappa shape index (κ2) is 8.77. The minimum atomic E-state index is 0. The summed E-state index contributed by atoms with van der Waals surface area (Å²) in [6.07, 6.45) is 1.85. The maximum absolute atomic E-state index is 5.92. The van der Waals surface area contributed by atoms with Gasteiger partial charge >= 0.3 is 0 Å². The molecule has 6 heteroatoms. The van der Waals surface area contributed by atoms with Crippen molar-refractivity contribution in [2.24, 2.45) is 10.7 Å². The van der Waals surface area contributed by atoms with Gasteiger partial charge in [-0.1, -0.05) is 12.1 Å². The zero-order chi connectivity index (χ0) is 16.1. The Hall–Kier alpha value is -1.96. The Morgan fingerprint density at radius 3 is 2.79 bits per heavy atom. The van der Waals surface area contributed by atoms with Crippen LogP contribution in [0.3, 0.4) is 0 Å². The van der Waals surface area contributed by atoms with Crippen LogP contribution in [-0.2, 0) is 12.8 Å². The second-order valence-electron chi connectivity index (χ2n) is 5.41. The monoisotopic (exact) mass is 439 g/mol. The molecule has 0 radical (unpaired) electrons. The van der Waals surface area contributed by atoms with Crippen LogP contribution < -0.4 is 20.5 Å². The van der Waals surface area contributed by atoms with Gasteiger partial charge in [-0.3, -0.25) is 4.99 Å². The van der Waals surface area contributed by atoms with E-state index in [-0.39, 0.29) is 24.0 Å². The van der Waals surface area contributed by atoms with Gasteiger partial charge in [0.05, 0.1) is 13.7 Å². The van der Waals surface area contributed by atoms with Crippen LogP contribution in [0.4, 0.5) is 5.69 Å². The van der Waals surface area contributed by atoms with Crippen molar-refractivity contribution in [3.63, 3.8) is 0 Å². The molecule has 0 spiro atoms. The average molecular weight is 439 g/mol. The van der Waals surface area contributed by atoms with Crippen LogP contribution in [0.5, 0.6) is 11.5 Å². The van der Waals surface area contributed by atoms with Gasteiger partial charge in [0.2, 0.25) is 0 Å². The van der Waals surface area contributed by atoms with Gasteiger partial charge in [0, 0.05) is 18.7 Å². The first-order valence-corrected chi connectivity index (χ1v) is 7.70. The fourth-order valence-electron chi connectivity index (χ4n) is 2.56. The number of guanidine groups is 1. The van der Waals surface area contributed by atoms with Gasteiger partial charge in [-0.2, -0.15) is 0 Å². The predicted molar refractivity (Wildman–Crippen MR) is 108 cm³/mol. The molecule has 0 unspecified atom stereocenters. The van der Waals surface area contributed by atoms with Gasteiger partial charge in [-0.15, -0.1) is 24.0 Å². The normalized spacial score (nSPS) is 12.8. The summed E-state index contributed by atoms with van der Waals surface area (Å²) in [5, 5.41) is 3.07. The Morgan fingerprint density at radius 1 is 1.25 bits per heavy atom. The molecule has 128 valence electrons. The van der Waals surface area contributed by atoms with Crippen LogP contribution in [0.1, 0.15) is 11.1 Å². The highest BCUT2D eigenvalue weighted by atomic mass is 127. The number of fused-ring (bicyclic) bond motifs is 1. The van der Waals surface area contributed by atoms with Crippen molar-refractivity contribution >= 4 is 35.6 Å². The number of nitrogens with zero attached hydrogens (tertiary/aromatic N) is 1. The van der Waals surface area contributed by atoms with Crippen molar-refractivity contribution < 1.29 is 9.47 Å². The van der Waals surface area contributed by atoms with Gasteiger partial charge in [-0.25, -0.2) is 0 Å². The number of nitrogens with two attached hydrogens (primary N) is 1. The predicted octanol–water partition coefficient (Wildman–Crippen LogP) is 3.22. The summed E-state index contributed by atoms with van der Waals surface area (Å²) in [7, 11) is 1.64. The van der Waals surface area contributed by atoms with Gasteiger partial charge in [0.1, 0.15) is 11.5 Å². The number of benzene rings is 2. The third kappa shape index (κ3) is 4.77. The molecule has 24 heavy (non-hydrogen) atoms. The van der Waals surface area contributed by atoms with E-state index in [2.05, 4.69) is 22.4 Å². The Kier molecular flexibility index (Phi) is 6.72. The van der Waals surface area contributed by atoms with Gasteiger partial charge in [0.25, 0.3) is 0 Å². The summed E-state index contributed by atoms with van der Waals surface area (Å²) < 4.78 is 10.6. The lowest BCUT2D eigenvalue weighted by Crippen LogP contribution is -2.23. The minimum absolute atomic E-state index is 0. The van der Waals surface area contributed by atoms with Crippen molar-refractivity contribution in [3.8, 4) is 11.5 Å². The van der Waals surface area contributed by atoms with Crippen LogP contribution in [0, 0.1) is 0 Å². The Balaban J connectivity index is 0.00000208. The fraction of sp³-hybridized carbons (Fsp3) is 0.278. The molecule has 0 aromatic heterocycles. The van der Waals surface area contributed by atoms with E-state index in [1.165, 1.54) is 11.1 Å². The quantitative estimate of drug-likeness (QED) is 0.427. The van der Waals surface area contributed by atoms with E-state index in [4.69, 9.17) is 15.2 Å². The van der Waals surface area contributed by atoms with Crippen LogP contribution in [0.2, 0.25) is 0 Å². The number of rotatable bonds is 5. The molecular formula is C18H22IN3O2. The standard InChI is InChI=1S/C18H21N3O2.HI/c1-22-16-5-3-15(4-6-16)21-18(19)20-10-8-13-2-7-17-14(12-13)9-11-23-17;/h2-7,12H,8-11H2,1H3,(H3,19,20,21);1H. The first-order valence-electron chi connectivity index (χ1n) is 7.70. The van der Waals surface area contributed by atoms with Crippen molar-refractivity contribution in [2.75, 3.05) is 25.6 Å². The molecule has 0 amide bonds. The van der Waals surface area contributed by atoms with Gasteiger partial charge in [-0.05, 0) is 47.9 Å². The molecule has 1 aliphatic heterocycles. The molecule has 0 atom stereocenters. The van der Waals surface area contributed by atoms with Gasteiger partial charge in [0.15, 0.2) is 5.96 Å². The SMILES string of the molecule is COc1ccc(NC(N)=NCCc2ccc3c(c2)CCO3)cc1.I. The van der Waals surface area contributed by atoms with Crippen molar-refractivity contribution in [1.29, 1.82) is 0 Å². The van der Waals surface area contributed by atoms with Crippen molar-refractivity contribution in [1.82, 2.24) is 0 Å². The largest absolute Gasteiger partial charge is 0.497 e. The smallest absolute Gasteiger partial charge is 0.193 e. The summed E-state index contributed by atoms with van der Waals surface area (Å²) >= 11 is 0. The number of hydrogen-bond donors (Lipinski definition) is 2. The van der Waals surface area contributed by atoms with E-state index in [1.807, 2.05) is 30.3 Å². The van der Waals surface area contributed by atoms with E-state index < -0.39 is 0 Å². The highest BCUT2D eigenvalue weighted by Gasteiger charge is 2.11. The maximum Gasteiger partial charge on any atom is 0.193 e. The maximum atomic E-state index is 5.92. The lowest BCUT2D eigenvalue weighted by Gasteiger charge is -2.07. The molecule has 1 aliphatic rings. The molecule has 0 saturated carbocycles. The molecule has 3 rings (SSSR count). The summed E-state index contributed by atoms with van der Waals surface area (Å²) in [4.78, 5) is 4.37. The topological polar surface area (TPSA) is 68.9 Å². The zero-order valence-electron chi connectivity index (χ0n) is 13.6. The number of methoxy groups -OCH3 is 1. The molecule has 3 N–H and O–H groups in total. The van der Waals surface area contributed by atoms with E-state index in [9.17, 15) is 0 Å². The summed E-state index contributed by atoms with van der Waals surface area (Å²) in [5.74, 6) is 2.24. The van der Waals surface area contributed by atoms with Gasteiger partial charge < -0.3 is 20.5 Å². The molecule has 5 nitrogen and oxygen atoms in total.